The fourth-order valence-electron chi connectivity index (χ4n) is 3.46. The Labute approximate surface area is 164 Å². The molecule has 0 aromatic heterocycles. The summed E-state index contributed by atoms with van der Waals surface area (Å²) >= 11 is 0. The van der Waals surface area contributed by atoms with Gasteiger partial charge in [0.2, 0.25) is 5.91 Å². The summed E-state index contributed by atoms with van der Waals surface area (Å²) in [5.41, 5.74) is 6.57. The fourth-order valence-corrected chi connectivity index (χ4v) is 3.46. The second kappa shape index (κ2) is 8.84. The molecule has 3 N–H and O–H groups in total. The molecule has 0 aliphatic carbocycles. The van der Waals surface area contributed by atoms with Crippen LogP contribution in [0, 0.1) is 11.7 Å². The van der Waals surface area contributed by atoms with E-state index < -0.39 is 11.7 Å². The van der Waals surface area contributed by atoms with Crippen LogP contribution in [-0.4, -0.2) is 47.9 Å². The Morgan fingerprint density at radius 1 is 1.14 bits per heavy atom. The number of nitrogens with zero attached hydrogens (tertiary/aromatic N) is 2. The minimum Gasteiger partial charge on any atom is -0.366 e. The van der Waals surface area contributed by atoms with Crippen LogP contribution in [0.4, 0.5) is 14.9 Å². The zero-order valence-electron chi connectivity index (χ0n) is 15.9. The summed E-state index contributed by atoms with van der Waals surface area (Å²) in [6.45, 7) is 5.66. The van der Waals surface area contributed by atoms with Crippen molar-refractivity contribution >= 4 is 17.6 Å². The third-order valence-corrected chi connectivity index (χ3v) is 4.82. The van der Waals surface area contributed by atoms with E-state index in [2.05, 4.69) is 29.3 Å². The van der Waals surface area contributed by atoms with Crippen LogP contribution in [0.1, 0.15) is 22.8 Å². The molecule has 1 atom stereocenters. The highest BCUT2D eigenvalue weighted by molar-refractivity contribution is 5.96. The molecule has 0 radical (unpaired) electrons. The van der Waals surface area contributed by atoms with Gasteiger partial charge in [-0.25, -0.2) is 9.18 Å². The molecule has 7 heteroatoms. The molecule has 1 aliphatic heterocycles. The van der Waals surface area contributed by atoms with Crippen LogP contribution in [0.15, 0.2) is 48.5 Å². The molecule has 1 unspecified atom stereocenters. The van der Waals surface area contributed by atoms with E-state index in [4.69, 9.17) is 5.73 Å². The number of hydrogen-bond donors (Lipinski definition) is 2. The van der Waals surface area contributed by atoms with Gasteiger partial charge in [-0.1, -0.05) is 37.3 Å². The van der Waals surface area contributed by atoms with Crippen molar-refractivity contribution in [2.24, 2.45) is 11.7 Å². The summed E-state index contributed by atoms with van der Waals surface area (Å²) in [7, 11) is 0. The smallest absolute Gasteiger partial charge is 0.321 e. The standard InChI is InChI=1S/C21H25FN4O2/c1-15-12-25(14-16-5-3-2-4-6-16)9-10-26(13-15)21(28)24-19-11-17(20(23)27)7-8-18(19)22/h2-8,11,15H,9-10,12-14H2,1H3,(H2,23,27)(H,24,28). The SMILES string of the molecule is CC1CN(Cc2ccccc2)CCN(C(=O)Nc2cc(C(N)=O)ccc2F)C1. The third-order valence-electron chi connectivity index (χ3n) is 4.82. The molecule has 1 fully saturated rings. The second-order valence-corrected chi connectivity index (χ2v) is 7.26. The summed E-state index contributed by atoms with van der Waals surface area (Å²) in [6, 6.07) is 13.5. The quantitative estimate of drug-likeness (QED) is 0.851. The van der Waals surface area contributed by atoms with E-state index >= 15 is 0 Å². The fraction of sp³-hybridized carbons (Fsp3) is 0.333. The van der Waals surface area contributed by atoms with Gasteiger partial charge in [0, 0.05) is 38.3 Å². The summed E-state index contributed by atoms with van der Waals surface area (Å²) in [5, 5.41) is 2.57. The maximum atomic E-state index is 14.0. The molecule has 28 heavy (non-hydrogen) atoms. The van der Waals surface area contributed by atoms with Gasteiger partial charge in [-0.15, -0.1) is 0 Å². The Morgan fingerprint density at radius 3 is 2.61 bits per heavy atom. The Morgan fingerprint density at radius 2 is 1.89 bits per heavy atom. The van der Waals surface area contributed by atoms with Gasteiger partial charge in [0.1, 0.15) is 5.82 Å². The number of amides is 3. The number of carbonyl (C=O) groups is 2. The van der Waals surface area contributed by atoms with Crippen molar-refractivity contribution in [2.75, 3.05) is 31.5 Å². The number of nitrogens with one attached hydrogen (secondary N) is 1. The summed E-state index contributed by atoms with van der Waals surface area (Å²) in [4.78, 5) is 28.0. The molecule has 0 saturated carbocycles. The average molecular weight is 384 g/mol. The lowest BCUT2D eigenvalue weighted by Crippen LogP contribution is -2.39. The predicted octanol–water partition coefficient (Wildman–Crippen LogP) is 2.91. The highest BCUT2D eigenvalue weighted by Crippen LogP contribution is 2.18. The van der Waals surface area contributed by atoms with Crippen molar-refractivity contribution in [1.29, 1.82) is 0 Å². The van der Waals surface area contributed by atoms with Crippen molar-refractivity contribution in [3.8, 4) is 0 Å². The van der Waals surface area contributed by atoms with Crippen LogP contribution in [0.2, 0.25) is 0 Å². The predicted molar refractivity (Wildman–Crippen MR) is 106 cm³/mol. The molecule has 1 aliphatic rings. The molecule has 2 aromatic rings. The summed E-state index contributed by atoms with van der Waals surface area (Å²) in [5.74, 6) is -0.999. The highest BCUT2D eigenvalue weighted by atomic mass is 19.1. The van der Waals surface area contributed by atoms with E-state index in [1.165, 1.54) is 17.7 Å². The van der Waals surface area contributed by atoms with Crippen molar-refractivity contribution in [1.82, 2.24) is 9.80 Å². The van der Waals surface area contributed by atoms with E-state index in [0.717, 1.165) is 25.7 Å². The lowest BCUT2D eigenvalue weighted by molar-refractivity contribution is 0.1000. The number of urea groups is 1. The molecule has 3 amide bonds. The van der Waals surface area contributed by atoms with Crippen LogP contribution in [0.25, 0.3) is 0 Å². The van der Waals surface area contributed by atoms with Gasteiger partial charge in [-0.3, -0.25) is 9.69 Å². The Hall–Kier alpha value is -2.93. The minimum atomic E-state index is -0.671. The normalized spacial score (nSPS) is 17.8. The molecule has 2 aromatic carbocycles. The number of rotatable bonds is 4. The van der Waals surface area contributed by atoms with Gasteiger partial charge in [0.25, 0.3) is 0 Å². The monoisotopic (exact) mass is 384 g/mol. The first-order valence-electron chi connectivity index (χ1n) is 9.34. The second-order valence-electron chi connectivity index (χ2n) is 7.26. The number of carbonyl (C=O) groups excluding carboxylic acids is 2. The first kappa shape index (κ1) is 19.8. The molecule has 1 heterocycles. The average Bonchev–Trinajstić information content (AvgIpc) is 2.85. The van der Waals surface area contributed by atoms with E-state index in [1.54, 1.807) is 4.90 Å². The zero-order valence-corrected chi connectivity index (χ0v) is 15.9. The molecular weight excluding hydrogens is 359 g/mol. The van der Waals surface area contributed by atoms with E-state index in [9.17, 15) is 14.0 Å². The van der Waals surface area contributed by atoms with Crippen molar-refractivity contribution in [3.63, 3.8) is 0 Å². The molecule has 148 valence electrons. The van der Waals surface area contributed by atoms with Crippen LogP contribution in [0.5, 0.6) is 0 Å². The summed E-state index contributed by atoms with van der Waals surface area (Å²) in [6.07, 6.45) is 0. The maximum absolute atomic E-state index is 14.0. The number of nitrogens with two attached hydrogens (primary N) is 1. The van der Waals surface area contributed by atoms with Crippen LogP contribution in [-0.2, 0) is 6.54 Å². The van der Waals surface area contributed by atoms with Crippen molar-refractivity contribution in [3.05, 3.63) is 65.5 Å². The van der Waals surface area contributed by atoms with Crippen LogP contribution >= 0.6 is 0 Å². The number of benzene rings is 2. The number of anilines is 1. The molecule has 3 rings (SSSR count). The highest BCUT2D eigenvalue weighted by Gasteiger charge is 2.24. The Bertz CT molecular complexity index is 844. The van der Waals surface area contributed by atoms with Gasteiger partial charge in [-0.05, 0) is 29.7 Å². The van der Waals surface area contributed by atoms with E-state index in [0.29, 0.717) is 13.1 Å². The van der Waals surface area contributed by atoms with Gasteiger partial charge >= 0.3 is 6.03 Å². The number of primary amides is 1. The minimum absolute atomic E-state index is 0.0423. The molecule has 0 spiro atoms. The van der Waals surface area contributed by atoms with Gasteiger partial charge < -0.3 is 16.0 Å². The van der Waals surface area contributed by atoms with Crippen LogP contribution < -0.4 is 11.1 Å². The first-order valence-corrected chi connectivity index (χ1v) is 9.34. The van der Waals surface area contributed by atoms with Gasteiger partial charge in [-0.2, -0.15) is 0 Å². The molecule has 1 saturated heterocycles. The number of halogens is 1. The largest absolute Gasteiger partial charge is 0.366 e. The Balaban J connectivity index is 1.64. The van der Waals surface area contributed by atoms with Crippen molar-refractivity contribution in [2.45, 2.75) is 13.5 Å². The van der Waals surface area contributed by atoms with Gasteiger partial charge in [0.05, 0.1) is 5.69 Å². The van der Waals surface area contributed by atoms with E-state index in [1.807, 2.05) is 18.2 Å². The molecule has 6 nitrogen and oxygen atoms in total. The summed E-state index contributed by atoms with van der Waals surface area (Å²) < 4.78 is 14.0. The zero-order chi connectivity index (χ0) is 20.1. The lowest BCUT2D eigenvalue weighted by atomic mass is 10.1. The van der Waals surface area contributed by atoms with Crippen molar-refractivity contribution < 1.29 is 14.0 Å². The number of hydrogen-bond acceptors (Lipinski definition) is 3. The topological polar surface area (TPSA) is 78.7 Å². The third kappa shape index (κ3) is 5.07. The lowest BCUT2D eigenvalue weighted by Gasteiger charge is -2.23. The van der Waals surface area contributed by atoms with Crippen LogP contribution in [0.3, 0.4) is 0 Å². The molecule has 0 bridgehead atoms. The maximum Gasteiger partial charge on any atom is 0.321 e. The van der Waals surface area contributed by atoms with Gasteiger partial charge in [0.15, 0.2) is 0 Å². The first-order chi connectivity index (χ1) is 13.4. The molecular formula is C21H25FN4O2. The Kier molecular flexibility index (Phi) is 6.26. The van der Waals surface area contributed by atoms with E-state index in [-0.39, 0.29) is 23.2 Å².